The summed E-state index contributed by atoms with van der Waals surface area (Å²) < 4.78 is 0. The van der Waals surface area contributed by atoms with Gasteiger partial charge < -0.3 is 0 Å². The average molecular weight is 206 g/mol. The first kappa shape index (κ1) is 11.1. The second-order valence-electron chi connectivity index (χ2n) is 3.26. The first-order chi connectivity index (χ1) is 6.59. The summed E-state index contributed by atoms with van der Waals surface area (Å²) in [4.78, 5) is 12.1. The molecule has 0 fully saturated rings. The van der Waals surface area contributed by atoms with Crippen LogP contribution in [0.25, 0.3) is 0 Å². The first-order valence-electron chi connectivity index (χ1n) is 4.48. The van der Waals surface area contributed by atoms with Crippen LogP contribution in [-0.2, 0) is 4.79 Å². The Labute approximate surface area is 89.2 Å². The molecular weight excluding hydrogens is 192 g/mol. The zero-order chi connectivity index (χ0) is 10.6. The van der Waals surface area contributed by atoms with Gasteiger partial charge in [-0.2, -0.15) is 0 Å². The summed E-state index contributed by atoms with van der Waals surface area (Å²) in [5.41, 5.74) is 1.93. The summed E-state index contributed by atoms with van der Waals surface area (Å²) in [7, 11) is 0. The van der Waals surface area contributed by atoms with Crippen molar-refractivity contribution in [3.8, 4) is 0 Å². The highest BCUT2D eigenvalue weighted by Gasteiger charge is 2.01. The Bertz CT molecular complexity index is 338. The van der Waals surface area contributed by atoms with Crippen LogP contribution in [-0.4, -0.2) is 11.5 Å². The molecule has 0 amide bonds. The van der Waals surface area contributed by atoms with Crippen molar-refractivity contribution >= 4 is 17.5 Å². The largest absolute Gasteiger partial charge is 0.295 e. The van der Waals surface area contributed by atoms with Crippen molar-refractivity contribution in [2.75, 3.05) is 5.75 Å². The Morgan fingerprint density at radius 1 is 1.36 bits per heavy atom. The number of thioether (sulfide) groups is 1. The van der Waals surface area contributed by atoms with E-state index in [9.17, 15) is 4.79 Å². The fourth-order valence-electron chi connectivity index (χ4n) is 0.907. The zero-order valence-electron chi connectivity index (χ0n) is 8.54. The minimum atomic E-state index is 0.0737. The molecule has 1 rings (SSSR count). The molecule has 74 valence electrons. The predicted octanol–water partition coefficient (Wildman–Crippen LogP) is 3.23. The monoisotopic (exact) mass is 206 g/mol. The van der Waals surface area contributed by atoms with Crippen molar-refractivity contribution in [2.45, 2.75) is 18.7 Å². The number of Topliss-reactive ketones (excluding diaryl/α,β-unsaturated/α-hetero) is 1. The topological polar surface area (TPSA) is 17.1 Å². The van der Waals surface area contributed by atoms with Gasteiger partial charge in [0.15, 0.2) is 5.78 Å². The number of rotatable bonds is 4. The lowest BCUT2D eigenvalue weighted by molar-refractivity contribution is -0.113. The lowest BCUT2D eigenvalue weighted by Gasteiger charge is -2.02. The van der Waals surface area contributed by atoms with E-state index < -0.39 is 0 Å². The number of carbonyl (C=O) groups is 1. The van der Waals surface area contributed by atoms with Gasteiger partial charge in [-0.05, 0) is 31.6 Å². The second kappa shape index (κ2) is 5.01. The van der Waals surface area contributed by atoms with Crippen LogP contribution in [0.1, 0.15) is 12.5 Å². The summed E-state index contributed by atoms with van der Waals surface area (Å²) in [6.07, 6.45) is 0. The standard InChI is InChI=1S/C12H14OS/c1-9-4-6-12(7-5-9)14-8-10(2)11(3)13/h4-7H,2,8H2,1,3H3. The van der Waals surface area contributed by atoms with Crippen LogP contribution in [0.4, 0.5) is 0 Å². The number of benzene rings is 1. The molecule has 0 atom stereocenters. The third-order valence-electron chi connectivity index (χ3n) is 1.93. The smallest absolute Gasteiger partial charge is 0.156 e. The lowest BCUT2D eigenvalue weighted by atomic mass is 10.2. The van der Waals surface area contributed by atoms with E-state index in [0.717, 1.165) is 0 Å². The van der Waals surface area contributed by atoms with Gasteiger partial charge in [0.1, 0.15) is 0 Å². The Morgan fingerprint density at radius 3 is 2.43 bits per heavy atom. The molecule has 0 heterocycles. The van der Waals surface area contributed by atoms with Gasteiger partial charge in [0.2, 0.25) is 0 Å². The molecule has 0 radical (unpaired) electrons. The number of ketones is 1. The van der Waals surface area contributed by atoms with Crippen LogP contribution in [0.2, 0.25) is 0 Å². The van der Waals surface area contributed by atoms with Crippen LogP contribution in [0.3, 0.4) is 0 Å². The van der Waals surface area contributed by atoms with E-state index >= 15 is 0 Å². The molecule has 0 bridgehead atoms. The fraction of sp³-hybridized carbons (Fsp3) is 0.250. The van der Waals surface area contributed by atoms with Gasteiger partial charge >= 0.3 is 0 Å². The van der Waals surface area contributed by atoms with E-state index in [2.05, 4.69) is 37.8 Å². The number of aryl methyl sites for hydroxylation is 1. The van der Waals surface area contributed by atoms with Crippen molar-refractivity contribution in [1.29, 1.82) is 0 Å². The van der Waals surface area contributed by atoms with Gasteiger partial charge in [0.25, 0.3) is 0 Å². The van der Waals surface area contributed by atoms with Gasteiger partial charge in [0.05, 0.1) is 0 Å². The molecule has 0 aliphatic rings. The highest BCUT2D eigenvalue weighted by molar-refractivity contribution is 7.99. The summed E-state index contributed by atoms with van der Waals surface area (Å²) in [6, 6.07) is 8.26. The van der Waals surface area contributed by atoms with Gasteiger partial charge in [0, 0.05) is 10.6 Å². The van der Waals surface area contributed by atoms with Crippen LogP contribution < -0.4 is 0 Å². The van der Waals surface area contributed by atoms with Crippen LogP contribution in [0.5, 0.6) is 0 Å². The van der Waals surface area contributed by atoms with Gasteiger partial charge in [-0.3, -0.25) is 4.79 Å². The minimum Gasteiger partial charge on any atom is -0.295 e. The first-order valence-corrected chi connectivity index (χ1v) is 5.46. The van der Waals surface area contributed by atoms with Crippen LogP contribution in [0, 0.1) is 6.92 Å². The van der Waals surface area contributed by atoms with Crippen molar-refractivity contribution in [2.24, 2.45) is 0 Å². The van der Waals surface area contributed by atoms with Crippen molar-refractivity contribution in [3.05, 3.63) is 42.0 Å². The summed E-state index contributed by atoms with van der Waals surface area (Å²) in [6.45, 7) is 7.33. The van der Waals surface area contributed by atoms with Crippen molar-refractivity contribution in [1.82, 2.24) is 0 Å². The maximum absolute atomic E-state index is 10.9. The number of hydrogen-bond donors (Lipinski definition) is 0. The summed E-state index contributed by atoms with van der Waals surface area (Å²) >= 11 is 1.65. The predicted molar refractivity (Wildman–Crippen MR) is 61.7 cm³/mol. The van der Waals surface area contributed by atoms with E-state index in [1.165, 1.54) is 10.5 Å². The molecule has 14 heavy (non-hydrogen) atoms. The molecule has 0 unspecified atom stereocenters. The van der Waals surface area contributed by atoms with E-state index in [4.69, 9.17) is 0 Å². The molecule has 0 saturated heterocycles. The number of carbonyl (C=O) groups excluding carboxylic acids is 1. The highest BCUT2D eigenvalue weighted by atomic mass is 32.2. The Kier molecular flexibility index (Phi) is 3.96. The van der Waals surface area contributed by atoms with E-state index in [0.29, 0.717) is 11.3 Å². The molecule has 1 aromatic carbocycles. The van der Waals surface area contributed by atoms with E-state index in [-0.39, 0.29) is 5.78 Å². The number of hydrogen-bond acceptors (Lipinski definition) is 2. The zero-order valence-corrected chi connectivity index (χ0v) is 9.36. The molecule has 2 heteroatoms. The SMILES string of the molecule is C=C(CSc1ccc(C)cc1)C(C)=O. The quantitative estimate of drug-likeness (QED) is 0.555. The molecule has 0 N–H and O–H groups in total. The van der Waals surface area contributed by atoms with Gasteiger partial charge in [-0.1, -0.05) is 24.3 Å². The second-order valence-corrected chi connectivity index (χ2v) is 4.31. The van der Waals surface area contributed by atoms with Crippen molar-refractivity contribution < 1.29 is 4.79 Å². The maximum Gasteiger partial charge on any atom is 0.156 e. The molecule has 0 aromatic heterocycles. The fourth-order valence-corrected chi connectivity index (χ4v) is 1.78. The molecule has 0 aliphatic heterocycles. The van der Waals surface area contributed by atoms with Gasteiger partial charge in [-0.25, -0.2) is 0 Å². The Morgan fingerprint density at radius 2 is 1.93 bits per heavy atom. The normalized spacial score (nSPS) is 9.86. The molecule has 1 aromatic rings. The molecule has 0 spiro atoms. The van der Waals surface area contributed by atoms with Crippen molar-refractivity contribution in [3.63, 3.8) is 0 Å². The third kappa shape index (κ3) is 3.38. The van der Waals surface area contributed by atoms with Crippen LogP contribution in [0.15, 0.2) is 41.3 Å². The molecule has 0 aliphatic carbocycles. The summed E-state index contributed by atoms with van der Waals surface area (Å²) in [5.74, 6) is 0.753. The van der Waals surface area contributed by atoms with Crippen LogP contribution >= 0.6 is 11.8 Å². The minimum absolute atomic E-state index is 0.0737. The van der Waals surface area contributed by atoms with E-state index in [1.54, 1.807) is 18.7 Å². The molecular formula is C12H14OS. The summed E-state index contributed by atoms with van der Waals surface area (Å²) in [5, 5.41) is 0. The Balaban J connectivity index is 2.50. The Hall–Kier alpha value is -1.02. The molecule has 0 saturated carbocycles. The van der Waals surface area contributed by atoms with Gasteiger partial charge in [-0.15, -0.1) is 11.8 Å². The molecule has 1 nitrogen and oxygen atoms in total. The average Bonchev–Trinajstić information content (AvgIpc) is 2.16. The highest BCUT2D eigenvalue weighted by Crippen LogP contribution is 2.20. The van der Waals surface area contributed by atoms with E-state index in [1.807, 2.05) is 0 Å². The lowest BCUT2D eigenvalue weighted by Crippen LogP contribution is -1.96. The maximum atomic E-state index is 10.9. The third-order valence-corrected chi connectivity index (χ3v) is 3.03.